The molecule has 0 bridgehead atoms. The van der Waals surface area contributed by atoms with Crippen LogP contribution in [0.2, 0.25) is 0 Å². The third kappa shape index (κ3) is 3.34. The highest BCUT2D eigenvalue weighted by Crippen LogP contribution is 2.22. The SMILES string of the molecule is Cn1cc(CCOc2ccc(Br)c(CO)c2)cn1. The van der Waals surface area contributed by atoms with Gasteiger partial charge in [0.05, 0.1) is 19.4 Å². The van der Waals surface area contributed by atoms with E-state index < -0.39 is 0 Å². The molecule has 0 fully saturated rings. The monoisotopic (exact) mass is 310 g/mol. The van der Waals surface area contributed by atoms with Crippen LogP contribution in [-0.4, -0.2) is 21.5 Å². The molecule has 4 nitrogen and oxygen atoms in total. The summed E-state index contributed by atoms with van der Waals surface area (Å²) in [6, 6.07) is 5.60. The fourth-order valence-electron chi connectivity index (χ4n) is 1.65. The lowest BCUT2D eigenvalue weighted by Gasteiger charge is -2.07. The summed E-state index contributed by atoms with van der Waals surface area (Å²) >= 11 is 3.37. The Morgan fingerprint density at radius 1 is 1.44 bits per heavy atom. The molecule has 0 amide bonds. The van der Waals surface area contributed by atoms with E-state index in [4.69, 9.17) is 9.84 Å². The second kappa shape index (κ2) is 6.02. The summed E-state index contributed by atoms with van der Waals surface area (Å²) in [5, 5.41) is 13.3. The van der Waals surface area contributed by atoms with Gasteiger partial charge in [-0.15, -0.1) is 0 Å². The van der Waals surface area contributed by atoms with Crippen molar-refractivity contribution in [1.82, 2.24) is 9.78 Å². The Hall–Kier alpha value is -1.33. The van der Waals surface area contributed by atoms with Gasteiger partial charge < -0.3 is 9.84 Å². The van der Waals surface area contributed by atoms with E-state index in [9.17, 15) is 0 Å². The molecule has 0 saturated heterocycles. The zero-order chi connectivity index (χ0) is 13.0. The first-order valence-electron chi connectivity index (χ1n) is 5.68. The normalized spacial score (nSPS) is 10.6. The lowest BCUT2D eigenvalue weighted by Crippen LogP contribution is -2.01. The molecule has 96 valence electrons. The van der Waals surface area contributed by atoms with E-state index in [2.05, 4.69) is 21.0 Å². The number of benzene rings is 1. The van der Waals surface area contributed by atoms with Gasteiger partial charge in [0.2, 0.25) is 0 Å². The number of hydrogen-bond donors (Lipinski definition) is 1. The molecule has 1 N–H and O–H groups in total. The van der Waals surface area contributed by atoms with Crippen LogP contribution in [0.15, 0.2) is 35.1 Å². The molecular weight excluding hydrogens is 296 g/mol. The molecule has 0 radical (unpaired) electrons. The Morgan fingerprint density at radius 2 is 2.28 bits per heavy atom. The first kappa shape index (κ1) is 13.1. The van der Waals surface area contributed by atoms with Gasteiger partial charge in [-0.05, 0) is 29.3 Å². The van der Waals surface area contributed by atoms with Gasteiger partial charge >= 0.3 is 0 Å². The number of halogens is 1. The number of aromatic nitrogens is 2. The van der Waals surface area contributed by atoms with Crippen LogP contribution in [-0.2, 0) is 20.1 Å². The largest absolute Gasteiger partial charge is 0.493 e. The molecule has 1 aromatic heterocycles. The fourth-order valence-corrected chi connectivity index (χ4v) is 2.02. The first-order chi connectivity index (χ1) is 8.69. The molecule has 5 heteroatoms. The summed E-state index contributed by atoms with van der Waals surface area (Å²) in [5.41, 5.74) is 1.98. The van der Waals surface area contributed by atoms with E-state index in [1.165, 1.54) is 0 Å². The van der Waals surface area contributed by atoms with E-state index in [0.717, 1.165) is 27.8 Å². The van der Waals surface area contributed by atoms with Crippen molar-refractivity contribution < 1.29 is 9.84 Å². The quantitative estimate of drug-likeness (QED) is 0.922. The minimum Gasteiger partial charge on any atom is -0.493 e. The third-order valence-corrected chi connectivity index (χ3v) is 3.38. The maximum Gasteiger partial charge on any atom is 0.119 e. The Bertz CT molecular complexity index is 525. The predicted octanol–water partition coefficient (Wildman–Crippen LogP) is 2.30. The van der Waals surface area contributed by atoms with Gasteiger partial charge in [-0.2, -0.15) is 5.10 Å². The van der Waals surface area contributed by atoms with Crippen molar-refractivity contribution in [1.29, 1.82) is 0 Å². The number of aliphatic hydroxyl groups is 1. The maximum atomic E-state index is 9.15. The zero-order valence-electron chi connectivity index (χ0n) is 10.1. The van der Waals surface area contributed by atoms with Gasteiger partial charge in [0.25, 0.3) is 0 Å². The maximum absolute atomic E-state index is 9.15. The summed E-state index contributed by atoms with van der Waals surface area (Å²) < 4.78 is 8.32. The molecule has 0 aliphatic carbocycles. The average Bonchev–Trinajstić information content (AvgIpc) is 2.77. The highest BCUT2D eigenvalue weighted by atomic mass is 79.9. The van der Waals surface area contributed by atoms with Gasteiger partial charge in [-0.25, -0.2) is 0 Å². The molecule has 0 atom stereocenters. The molecule has 2 aromatic rings. The van der Waals surface area contributed by atoms with Crippen molar-refractivity contribution in [3.8, 4) is 5.75 Å². The Balaban J connectivity index is 1.90. The molecular formula is C13H15BrN2O2. The van der Waals surface area contributed by atoms with E-state index >= 15 is 0 Å². The third-order valence-electron chi connectivity index (χ3n) is 2.61. The van der Waals surface area contributed by atoms with Crippen molar-refractivity contribution in [3.05, 3.63) is 46.2 Å². The topological polar surface area (TPSA) is 47.3 Å². The minimum absolute atomic E-state index is 0.000386. The number of ether oxygens (including phenoxy) is 1. The van der Waals surface area contributed by atoms with E-state index in [0.29, 0.717) is 6.61 Å². The molecule has 0 saturated carbocycles. The number of aliphatic hydroxyl groups excluding tert-OH is 1. The van der Waals surface area contributed by atoms with Crippen LogP contribution in [0.25, 0.3) is 0 Å². The fraction of sp³-hybridized carbons (Fsp3) is 0.308. The van der Waals surface area contributed by atoms with Crippen LogP contribution < -0.4 is 4.74 Å². The van der Waals surface area contributed by atoms with Gasteiger partial charge in [0.1, 0.15) is 5.75 Å². The molecule has 0 unspecified atom stereocenters. The number of aryl methyl sites for hydroxylation is 1. The van der Waals surface area contributed by atoms with E-state index in [1.54, 1.807) is 4.68 Å². The lowest BCUT2D eigenvalue weighted by atomic mass is 10.2. The minimum atomic E-state index is 0.000386. The smallest absolute Gasteiger partial charge is 0.119 e. The lowest BCUT2D eigenvalue weighted by molar-refractivity contribution is 0.278. The molecule has 0 aliphatic heterocycles. The summed E-state index contributed by atoms with van der Waals surface area (Å²) in [6.07, 6.45) is 4.63. The first-order valence-corrected chi connectivity index (χ1v) is 6.48. The van der Waals surface area contributed by atoms with E-state index in [1.807, 2.05) is 37.6 Å². The molecule has 2 rings (SSSR count). The Kier molecular flexibility index (Phi) is 4.38. The highest BCUT2D eigenvalue weighted by molar-refractivity contribution is 9.10. The summed E-state index contributed by atoms with van der Waals surface area (Å²) in [4.78, 5) is 0. The molecule has 0 aliphatic rings. The predicted molar refractivity (Wildman–Crippen MR) is 72.5 cm³/mol. The molecule has 1 heterocycles. The van der Waals surface area contributed by atoms with Crippen molar-refractivity contribution in [2.75, 3.05) is 6.61 Å². The highest BCUT2D eigenvalue weighted by Gasteiger charge is 2.02. The number of rotatable bonds is 5. The van der Waals surface area contributed by atoms with Crippen LogP contribution in [0.5, 0.6) is 5.75 Å². The summed E-state index contributed by atoms with van der Waals surface area (Å²) in [5.74, 6) is 0.770. The second-order valence-electron chi connectivity index (χ2n) is 4.03. The molecule has 0 spiro atoms. The van der Waals surface area contributed by atoms with E-state index in [-0.39, 0.29) is 6.61 Å². The van der Waals surface area contributed by atoms with Crippen LogP contribution >= 0.6 is 15.9 Å². The Labute approximate surface area is 114 Å². The average molecular weight is 311 g/mol. The number of nitrogens with zero attached hydrogens (tertiary/aromatic N) is 2. The summed E-state index contributed by atoms with van der Waals surface area (Å²) in [6.45, 7) is 0.596. The zero-order valence-corrected chi connectivity index (χ0v) is 11.7. The van der Waals surface area contributed by atoms with Gasteiger partial charge in [0.15, 0.2) is 0 Å². The van der Waals surface area contributed by atoms with Crippen LogP contribution in [0.3, 0.4) is 0 Å². The standard InChI is InChI=1S/C13H15BrN2O2/c1-16-8-10(7-15-16)4-5-18-12-2-3-13(14)11(6-12)9-17/h2-3,6-8,17H,4-5,9H2,1H3. The van der Waals surface area contributed by atoms with Crippen molar-refractivity contribution in [2.24, 2.45) is 7.05 Å². The van der Waals surface area contributed by atoms with Gasteiger partial charge in [-0.3, -0.25) is 4.68 Å². The van der Waals surface area contributed by atoms with Crippen LogP contribution in [0, 0.1) is 0 Å². The van der Waals surface area contributed by atoms with Gasteiger partial charge in [-0.1, -0.05) is 15.9 Å². The molecule has 1 aromatic carbocycles. The molecule has 18 heavy (non-hydrogen) atoms. The van der Waals surface area contributed by atoms with Crippen molar-refractivity contribution >= 4 is 15.9 Å². The van der Waals surface area contributed by atoms with Crippen molar-refractivity contribution in [3.63, 3.8) is 0 Å². The van der Waals surface area contributed by atoms with Gasteiger partial charge in [0, 0.05) is 24.1 Å². The van der Waals surface area contributed by atoms with Crippen LogP contribution in [0.1, 0.15) is 11.1 Å². The van der Waals surface area contributed by atoms with Crippen molar-refractivity contribution in [2.45, 2.75) is 13.0 Å². The second-order valence-corrected chi connectivity index (χ2v) is 4.89. The van der Waals surface area contributed by atoms with Crippen LogP contribution in [0.4, 0.5) is 0 Å². The number of hydrogen-bond acceptors (Lipinski definition) is 3. The summed E-state index contributed by atoms with van der Waals surface area (Å²) in [7, 11) is 1.90. The Morgan fingerprint density at radius 3 is 2.94 bits per heavy atom.